The Labute approximate surface area is 534 Å². The molecular formula is C66H103BN12O11. The van der Waals surface area contributed by atoms with Crippen molar-refractivity contribution in [1.29, 1.82) is 0 Å². The normalized spacial score (nSPS) is 17.0. The summed E-state index contributed by atoms with van der Waals surface area (Å²) in [6.07, 6.45) is 6.54. The van der Waals surface area contributed by atoms with Crippen LogP contribution < -0.4 is 43.0 Å². The van der Waals surface area contributed by atoms with Crippen molar-refractivity contribution in [3.63, 3.8) is 0 Å². The molecule has 0 spiro atoms. The number of likely N-dealkylation sites (N-methyl/N-ethyl adjacent to an activating group) is 2. The third kappa shape index (κ3) is 23.1. The van der Waals surface area contributed by atoms with E-state index in [9.17, 15) is 47.9 Å². The molecule has 2 aromatic rings. The molecular weight excluding hydrogens is 1150 g/mol. The molecule has 10 atom stereocenters. The molecule has 496 valence electrons. The third-order valence-electron chi connectivity index (χ3n) is 17.1. The first kappa shape index (κ1) is 75.0. The van der Waals surface area contributed by atoms with Crippen molar-refractivity contribution < 1.29 is 52.7 Å². The number of anilines is 2. The Hall–Kier alpha value is -7.47. The molecule has 2 aromatic carbocycles. The summed E-state index contributed by atoms with van der Waals surface area (Å²) in [7, 11) is 11.7. The van der Waals surface area contributed by atoms with Crippen LogP contribution in [0.2, 0.25) is 0 Å². The Balaban J connectivity index is 1.41. The van der Waals surface area contributed by atoms with E-state index in [0.717, 1.165) is 28.9 Å². The van der Waals surface area contributed by atoms with Gasteiger partial charge >= 0.3 is 222 Å². The summed E-state index contributed by atoms with van der Waals surface area (Å²) >= 11 is 0. The van der Waals surface area contributed by atoms with E-state index in [1.165, 1.54) is 12.2 Å². The Morgan fingerprint density at radius 1 is 0.711 bits per heavy atom. The first-order valence-electron chi connectivity index (χ1n) is 32.0. The van der Waals surface area contributed by atoms with Crippen LogP contribution in [-0.2, 0) is 54.3 Å². The van der Waals surface area contributed by atoms with Gasteiger partial charge in [0.25, 0.3) is 11.8 Å². The van der Waals surface area contributed by atoms with Crippen LogP contribution in [0.5, 0.6) is 0 Å². The molecule has 0 aliphatic carbocycles. The number of urea groups is 1. The van der Waals surface area contributed by atoms with E-state index in [4.69, 9.17) is 10.5 Å². The van der Waals surface area contributed by atoms with Crippen LogP contribution in [0.25, 0.3) is 0 Å². The van der Waals surface area contributed by atoms with E-state index < -0.39 is 66.0 Å². The van der Waals surface area contributed by atoms with Crippen molar-refractivity contribution >= 4 is 83.6 Å². The molecule has 11 amide bonds. The number of benzene rings is 2. The molecule has 1 fully saturated rings. The fourth-order valence-corrected chi connectivity index (χ4v) is 12.0. The summed E-state index contributed by atoms with van der Waals surface area (Å²) in [5.41, 5.74) is 7.54. The zero-order valence-corrected chi connectivity index (χ0v) is 55.5. The standard InChI is InChI=1S/C66H103BN12O11/c1-14-43(8)59(77(12)65(88)57(41(4)5)75-60(67)58(42(6)7)76(10)11)51(90-13)39-55(83)78-36-22-25-48(78)37-44(9)61(84)73-50(38-45-23-17-15-18-24-45)63(86)71-47-30-28-46(29-31-47)70-62(85)49(26-21-34-69-66(68)89)72-64(87)56(40(2)3)74-52(80)27-19-16-20-35-79-53(81)32-33-54(79)82/h15,17-18,23-24,28-33,40-44,48-51,56-59,67,75H,14,16,19-22,25-27,34-39H2,1-13H3,(H,70,85)(H,71,86)(H,72,87)(H,73,84)(H,74,80)(H3,68,69,89)/t43-,44+,48-,49-,50-,51+,56-,57-,58-,59-/m0/s1. The predicted octanol–water partition coefficient (Wildman–Crippen LogP) is 4.38. The molecule has 0 aromatic heterocycles. The van der Waals surface area contributed by atoms with Crippen molar-refractivity contribution in [2.75, 3.05) is 58.5 Å². The number of hydrogen-bond acceptors (Lipinski definition) is 13. The fourth-order valence-electron chi connectivity index (χ4n) is 12.0. The summed E-state index contributed by atoms with van der Waals surface area (Å²) in [4.78, 5) is 140. The molecule has 0 unspecified atom stereocenters. The summed E-state index contributed by atoms with van der Waals surface area (Å²) in [6, 6.07) is 10.5. The molecule has 90 heavy (non-hydrogen) atoms. The first-order chi connectivity index (χ1) is 42.6. The quantitative estimate of drug-likeness (QED) is 0.0264. The number of nitrogens with zero attached hydrogens (tertiary/aromatic N) is 4. The van der Waals surface area contributed by atoms with Crippen LogP contribution in [0.1, 0.15) is 139 Å². The Bertz CT molecular complexity index is 2760. The molecule has 9 N–H and O–H groups in total. The van der Waals surface area contributed by atoms with Crippen LogP contribution in [0.15, 0.2) is 66.7 Å². The molecule has 0 radical (unpaired) electrons. The molecule has 0 bridgehead atoms. The molecule has 0 saturated carbocycles. The number of nitrogens with two attached hydrogens (primary N) is 1. The van der Waals surface area contributed by atoms with Gasteiger partial charge in [-0.1, -0.05) is 57.5 Å². The van der Waals surface area contributed by atoms with Gasteiger partial charge in [-0.2, -0.15) is 0 Å². The van der Waals surface area contributed by atoms with E-state index in [1.807, 2.05) is 63.2 Å². The van der Waals surface area contributed by atoms with Crippen molar-refractivity contribution in [2.24, 2.45) is 35.3 Å². The van der Waals surface area contributed by atoms with Crippen LogP contribution in [0.3, 0.4) is 0 Å². The number of imide groups is 1. The number of hydrogen-bond donors (Lipinski definition) is 8. The Kier molecular flexibility index (Phi) is 30.8. The summed E-state index contributed by atoms with van der Waals surface area (Å²) in [5.74, 6) is -4.16. The van der Waals surface area contributed by atoms with Gasteiger partial charge in [-0.05, 0) is 61.4 Å². The number of methoxy groups -OCH3 is 1. The van der Waals surface area contributed by atoms with Gasteiger partial charge in [0.2, 0.25) is 29.5 Å². The van der Waals surface area contributed by atoms with Gasteiger partial charge in [-0.3, -0.25) is 38.5 Å². The van der Waals surface area contributed by atoms with Gasteiger partial charge in [0.05, 0.1) is 0 Å². The number of primary amides is 1. The number of amides is 11. The molecule has 24 heteroatoms. The van der Waals surface area contributed by atoms with Crippen LogP contribution in [0.4, 0.5) is 16.2 Å². The zero-order chi connectivity index (χ0) is 66.9. The molecule has 4 rings (SSSR count). The second kappa shape index (κ2) is 37.0. The number of carbonyl (C=O) groups is 10. The third-order valence-corrected chi connectivity index (χ3v) is 17.1. The van der Waals surface area contributed by atoms with Gasteiger partial charge in [-0.15, -0.1) is 0 Å². The number of nitrogens with one attached hydrogen (secondary N) is 7. The minimum atomic E-state index is -1.11. The maximum atomic E-state index is 14.5. The van der Waals surface area contributed by atoms with Gasteiger partial charge in [0.1, 0.15) is 18.1 Å². The summed E-state index contributed by atoms with van der Waals surface area (Å²) < 4.78 is 6.13. The van der Waals surface area contributed by atoms with Crippen molar-refractivity contribution in [1.82, 2.24) is 46.2 Å². The Morgan fingerprint density at radius 3 is 1.84 bits per heavy atom. The van der Waals surface area contributed by atoms with Crippen LogP contribution in [0, 0.1) is 29.6 Å². The van der Waals surface area contributed by atoms with E-state index in [2.05, 4.69) is 77.3 Å². The molecule has 2 heterocycles. The molecule has 23 nitrogen and oxygen atoms in total. The van der Waals surface area contributed by atoms with Gasteiger partial charge in [0.15, 0.2) is 0 Å². The molecule has 1 saturated heterocycles. The van der Waals surface area contributed by atoms with Crippen molar-refractivity contribution in [3.05, 3.63) is 72.3 Å². The molecule has 2 aliphatic heterocycles. The molecule has 2 aliphatic rings. The van der Waals surface area contributed by atoms with E-state index in [-0.39, 0.29) is 116 Å². The van der Waals surface area contributed by atoms with Crippen LogP contribution >= 0.6 is 0 Å². The van der Waals surface area contributed by atoms with Crippen LogP contribution in [-0.4, -0.2) is 188 Å². The van der Waals surface area contributed by atoms with E-state index in [0.29, 0.717) is 50.0 Å². The van der Waals surface area contributed by atoms with Gasteiger partial charge in [0, 0.05) is 55.4 Å². The van der Waals surface area contributed by atoms with Gasteiger partial charge < -0.3 is 37.6 Å². The number of carbonyl (C=O) groups excluding carboxylic acids is 10. The second-order valence-corrected chi connectivity index (χ2v) is 25.4. The first-order valence-corrected chi connectivity index (χ1v) is 32.0. The topological polar surface area (TPSA) is 303 Å². The van der Waals surface area contributed by atoms with E-state index >= 15 is 0 Å². The van der Waals surface area contributed by atoms with E-state index in [1.54, 1.807) is 64.1 Å². The predicted molar refractivity (Wildman–Crippen MR) is 352 cm³/mol. The SMILES string of the molecule is B=C(N[C@H](C(=O)N(C)[C@@H]([C@@H](C)CC)[C@@H](CC(=O)N1CCC[C@H]1C[C@@H](C)C(=O)N[C@@H](Cc1ccccc1)C(=O)Nc1ccc(NC(=O)[C@H](CCCNC(N)=O)NC(=O)[C@@H](NC(=O)CCCCCN2C(=O)C=CC2=O)C(C)C)cc1)OC)C(C)C)[C@H](C(C)C)N(C)C. The number of rotatable bonds is 38. The number of likely N-dealkylation sites (tertiary alicyclic amines) is 1. The van der Waals surface area contributed by atoms with Crippen molar-refractivity contribution in [3.8, 4) is 0 Å². The summed E-state index contributed by atoms with van der Waals surface area (Å²) in [5, 5.41) is 20.2. The fraction of sp³-hybridized carbons (Fsp3) is 0.621. The second-order valence-electron chi connectivity index (χ2n) is 25.4. The minimum absolute atomic E-state index is 0.00390. The average molecular weight is 1250 g/mol. The monoisotopic (exact) mass is 1250 g/mol. The number of unbranched alkanes of at least 4 members (excludes halogenated alkanes) is 2. The maximum absolute atomic E-state index is 14.5. The van der Waals surface area contributed by atoms with Crippen molar-refractivity contribution in [2.45, 2.75) is 188 Å². The Morgan fingerprint density at radius 2 is 1.30 bits per heavy atom. The number of ether oxygens (including phenoxy) is 1. The van der Waals surface area contributed by atoms with Gasteiger partial charge in [-0.25, -0.2) is 4.79 Å². The average Bonchev–Trinajstić information content (AvgIpc) is 1.50. The zero-order valence-electron chi connectivity index (χ0n) is 55.5. The summed E-state index contributed by atoms with van der Waals surface area (Å²) in [6.45, 7) is 18.6.